The summed E-state index contributed by atoms with van der Waals surface area (Å²) in [5.74, 6) is 1.13. The van der Waals surface area contributed by atoms with Crippen molar-refractivity contribution in [3.8, 4) is 11.3 Å². The zero-order valence-electron chi connectivity index (χ0n) is 8.78. The molecule has 1 aliphatic heterocycles. The summed E-state index contributed by atoms with van der Waals surface area (Å²) in [6, 6.07) is 10.4. The minimum Gasteiger partial charge on any atom is -0.370 e. The summed E-state index contributed by atoms with van der Waals surface area (Å²) in [6.45, 7) is 2.06. The number of rotatable bonds is 1. The Labute approximate surface area is 103 Å². The number of fused-ring (bicyclic) bond motifs is 1. The van der Waals surface area contributed by atoms with Gasteiger partial charge in [-0.3, -0.25) is 0 Å². The van der Waals surface area contributed by atoms with Crippen molar-refractivity contribution >= 4 is 21.7 Å². The summed E-state index contributed by atoms with van der Waals surface area (Å²) in [5.41, 5.74) is 2.20. The van der Waals surface area contributed by atoms with Gasteiger partial charge < -0.3 is 5.32 Å². The van der Waals surface area contributed by atoms with Gasteiger partial charge in [0.05, 0.1) is 5.69 Å². The fraction of sp³-hybridized carbons (Fsp3) is 0.250. The monoisotopic (exact) mass is 277 g/mol. The lowest BCUT2D eigenvalue weighted by Crippen LogP contribution is -2.17. The first kappa shape index (κ1) is 9.90. The predicted octanol–water partition coefficient (Wildman–Crippen LogP) is 3.13. The molecule has 1 aromatic carbocycles. The molecule has 0 saturated heterocycles. The van der Waals surface area contributed by atoms with Crippen molar-refractivity contribution in [2.75, 3.05) is 11.9 Å². The predicted molar refractivity (Wildman–Crippen MR) is 68.5 cm³/mol. The number of benzene rings is 1. The third-order valence-corrected chi connectivity index (χ3v) is 3.30. The van der Waals surface area contributed by atoms with Crippen LogP contribution in [0.3, 0.4) is 0 Å². The van der Waals surface area contributed by atoms with Crippen LogP contribution in [0.2, 0.25) is 0 Å². The molecule has 0 amide bonds. The standard InChI is InChI=1S/C12H12BrN3/c13-10-4-2-9(3-5-10)11-8-12-14-6-1-7-16(12)15-11/h2-5,8,14H,1,6-7H2. The van der Waals surface area contributed by atoms with Gasteiger partial charge in [0.2, 0.25) is 0 Å². The molecule has 2 heterocycles. The number of aryl methyl sites for hydroxylation is 1. The highest BCUT2D eigenvalue weighted by molar-refractivity contribution is 9.10. The fourth-order valence-corrected chi connectivity index (χ4v) is 2.20. The maximum atomic E-state index is 4.59. The first-order valence-corrected chi connectivity index (χ1v) is 6.20. The SMILES string of the molecule is Brc1ccc(-c2cc3n(n2)CCCN3)cc1. The number of hydrogen-bond donors (Lipinski definition) is 1. The van der Waals surface area contributed by atoms with Gasteiger partial charge in [-0.1, -0.05) is 28.1 Å². The summed E-state index contributed by atoms with van der Waals surface area (Å²) >= 11 is 3.44. The second-order valence-electron chi connectivity index (χ2n) is 3.93. The zero-order valence-corrected chi connectivity index (χ0v) is 10.4. The van der Waals surface area contributed by atoms with E-state index in [0.29, 0.717) is 0 Å². The van der Waals surface area contributed by atoms with Crippen LogP contribution < -0.4 is 5.32 Å². The molecule has 2 aromatic rings. The zero-order chi connectivity index (χ0) is 11.0. The van der Waals surface area contributed by atoms with Gasteiger partial charge >= 0.3 is 0 Å². The average Bonchev–Trinajstić information content (AvgIpc) is 2.73. The van der Waals surface area contributed by atoms with Gasteiger partial charge in [0.15, 0.2) is 0 Å². The van der Waals surface area contributed by atoms with Gasteiger partial charge in [0.1, 0.15) is 5.82 Å². The van der Waals surface area contributed by atoms with Crippen LogP contribution in [0.1, 0.15) is 6.42 Å². The van der Waals surface area contributed by atoms with Crippen LogP contribution in [-0.4, -0.2) is 16.3 Å². The van der Waals surface area contributed by atoms with Crippen molar-refractivity contribution in [3.05, 3.63) is 34.8 Å². The molecule has 0 fully saturated rings. The molecular weight excluding hydrogens is 266 g/mol. The van der Waals surface area contributed by atoms with E-state index in [1.807, 2.05) is 16.8 Å². The van der Waals surface area contributed by atoms with Gasteiger partial charge in [-0.2, -0.15) is 5.10 Å². The maximum absolute atomic E-state index is 4.59. The largest absolute Gasteiger partial charge is 0.370 e. The molecule has 0 radical (unpaired) electrons. The van der Waals surface area contributed by atoms with E-state index >= 15 is 0 Å². The maximum Gasteiger partial charge on any atom is 0.124 e. The smallest absolute Gasteiger partial charge is 0.124 e. The molecule has 1 aromatic heterocycles. The van der Waals surface area contributed by atoms with E-state index in [1.165, 1.54) is 0 Å². The van der Waals surface area contributed by atoms with Crippen LogP contribution in [0.4, 0.5) is 5.82 Å². The van der Waals surface area contributed by atoms with Crippen molar-refractivity contribution in [2.45, 2.75) is 13.0 Å². The highest BCUT2D eigenvalue weighted by Gasteiger charge is 2.12. The number of aromatic nitrogens is 2. The number of anilines is 1. The minimum atomic E-state index is 1.01. The van der Waals surface area contributed by atoms with Crippen molar-refractivity contribution < 1.29 is 0 Å². The molecule has 0 aliphatic carbocycles. The Morgan fingerprint density at radius 1 is 1.25 bits per heavy atom. The summed E-state index contributed by atoms with van der Waals surface area (Å²) < 4.78 is 3.14. The summed E-state index contributed by atoms with van der Waals surface area (Å²) in [4.78, 5) is 0. The molecule has 3 nitrogen and oxygen atoms in total. The fourth-order valence-electron chi connectivity index (χ4n) is 1.94. The van der Waals surface area contributed by atoms with E-state index in [4.69, 9.17) is 0 Å². The summed E-state index contributed by atoms with van der Waals surface area (Å²) in [6.07, 6.45) is 1.15. The summed E-state index contributed by atoms with van der Waals surface area (Å²) in [7, 11) is 0. The Morgan fingerprint density at radius 3 is 2.81 bits per heavy atom. The highest BCUT2D eigenvalue weighted by Crippen LogP contribution is 2.25. The quantitative estimate of drug-likeness (QED) is 0.868. The second kappa shape index (κ2) is 3.94. The molecule has 4 heteroatoms. The molecule has 0 bridgehead atoms. The van der Waals surface area contributed by atoms with Crippen LogP contribution >= 0.6 is 15.9 Å². The third-order valence-electron chi connectivity index (χ3n) is 2.77. The van der Waals surface area contributed by atoms with Crippen molar-refractivity contribution in [1.29, 1.82) is 0 Å². The topological polar surface area (TPSA) is 29.9 Å². The lowest BCUT2D eigenvalue weighted by molar-refractivity contribution is 0.569. The van der Waals surface area contributed by atoms with E-state index in [9.17, 15) is 0 Å². The van der Waals surface area contributed by atoms with Crippen LogP contribution in [0.5, 0.6) is 0 Å². The summed E-state index contributed by atoms with van der Waals surface area (Å²) in [5, 5.41) is 7.94. The van der Waals surface area contributed by atoms with Crippen molar-refractivity contribution in [3.63, 3.8) is 0 Å². The van der Waals surface area contributed by atoms with Gasteiger partial charge in [-0.05, 0) is 18.6 Å². The Kier molecular flexibility index (Phi) is 2.44. The molecule has 82 valence electrons. The Morgan fingerprint density at radius 2 is 2.06 bits per heavy atom. The van der Waals surface area contributed by atoms with Crippen molar-refractivity contribution in [2.24, 2.45) is 0 Å². The normalized spacial score (nSPS) is 14.3. The number of hydrogen-bond acceptors (Lipinski definition) is 2. The van der Waals surface area contributed by atoms with E-state index in [-0.39, 0.29) is 0 Å². The Balaban J connectivity index is 2.00. The first-order chi connectivity index (χ1) is 7.83. The van der Waals surface area contributed by atoms with E-state index in [0.717, 1.165) is 41.1 Å². The molecule has 0 saturated carbocycles. The van der Waals surface area contributed by atoms with Gasteiger partial charge in [0.25, 0.3) is 0 Å². The molecular formula is C12H12BrN3. The molecule has 1 aliphatic rings. The van der Waals surface area contributed by atoms with E-state index in [2.05, 4.69) is 44.5 Å². The van der Waals surface area contributed by atoms with E-state index < -0.39 is 0 Å². The lowest BCUT2D eigenvalue weighted by atomic mass is 10.1. The highest BCUT2D eigenvalue weighted by atomic mass is 79.9. The van der Waals surface area contributed by atoms with Gasteiger partial charge in [-0.25, -0.2) is 4.68 Å². The third kappa shape index (κ3) is 1.73. The molecule has 0 spiro atoms. The molecule has 1 N–H and O–H groups in total. The molecule has 0 atom stereocenters. The minimum absolute atomic E-state index is 1.01. The van der Waals surface area contributed by atoms with Crippen LogP contribution in [-0.2, 0) is 6.54 Å². The lowest BCUT2D eigenvalue weighted by Gasteiger charge is -2.14. The van der Waals surface area contributed by atoms with Gasteiger partial charge in [0, 0.05) is 29.2 Å². The Hall–Kier alpha value is -1.29. The van der Waals surface area contributed by atoms with Crippen LogP contribution in [0.15, 0.2) is 34.8 Å². The first-order valence-electron chi connectivity index (χ1n) is 5.40. The number of nitrogens with zero attached hydrogens (tertiary/aromatic N) is 2. The van der Waals surface area contributed by atoms with Crippen LogP contribution in [0, 0.1) is 0 Å². The molecule has 0 unspecified atom stereocenters. The van der Waals surface area contributed by atoms with Crippen molar-refractivity contribution in [1.82, 2.24) is 9.78 Å². The number of nitrogens with one attached hydrogen (secondary N) is 1. The second-order valence-corrected chi connectivity index (χ2v) is 4.84. The van der Waals surface area contributed by atoms with E-state index in [1.54, 1.807) is 0 Å². The van der Waals surface area contributed by atoms with Crippen LogP contribution in [0.25, 0.3) is 11.3 Å². The Bertz CT molecular complexity index is 478. The molecule has 3 rings (SSSR count). The number of halogens is 1. The van der Waals surface area contributed by atoms with Gasteiger partial charge in [-0.15, -0.1) is 0 Å². The average molecular weight is 278 g/mol. The molecule has 16 heavy (non-hydrogen) atoms.